The van der Waals surface area contributed by atoms with E-state index in [0.717, 1.165) is 27.6 Å². The van der Waals surface area contributed by atoms with Crippen LogP contribution in [0.15, 0.2) is 65.1 Å². The number of para-hydroxylation sites is 1. The topological polar surface area (TPSA) is 20.3 Å². The van der Waals surface area contributed by atoms with Crippen LogP contribution in [0.1, 0.15) is 10.8 Å². The number of aromatic nitrogens is 1. The summed E-state index contributed by atoms with van der Waals surface area (Å²) in [7, 11) is 4.07. The van der Waals surface area contributed by atoms with Gasteiger partial charge in [0.2, 0.25) is 12.1 Å². The normalized spacial score (nSPS) is 10.8. The van der Waals surface area contributed by atoms with Crippen LogP contribution in [-0.4, -0.2) is 14.1 Å². The highest BCUT2D eigenvalue weighted by Crippen LogP contribution is 2.26. The molecular weight excluding hydrogens is 444 g/mol. The molecule has 0 aliphatic rings. The Morgan fingerprint density at radius 1 is 1.03 bits per heavy atom. The Morgan fingerprint density at radius 3 is 2.52 bits per heavy atom. The number of anilines is 1. The van der Waals surface area contributed by atoms with Crippen LogP contribution in [-0.2, 0) is 6.54 Å². The number of fused-ring (bicyclic) bond motifs is 1. The van der Waals surface area contributed by atoms with Crippen LogP contribution in [0.5, 0.6) is 0 Å². The quantitative estimate of drug-likeness (QED) is 0.333. The van der Waals surface area contributed by atoms with Crippen molar-refractivity contribution in [3.63, 3.8) is 0 Å². The molecule has 0 aliphatic carbocycles. The van der Waals surface area contributed by atoms with Crippen molar-refractivity contribution in [2.45, 2.75) is 6.54 Å². The van der Waals surface area contributed by atoms with E-state index in [1.165, 1.54) is 10.4 Å². The monoisotopic (exact) mass is 464 g/mol. The van der Waals surface area contributed by atoms with Gasteiger partial charge in [-0.1, -0.05) is 23.5 Å². The molecule has 0 unspecified atom stereocenters. The molecule has 2 aromatic carbocycles. The third kappa shape index (κ3) is 4.45. The molecule has 4 rings (SSSR count). The van der Waals surface area contributed by atoms with Gasteiger partial charge in [0.15, 0.2) is 0 Å². The van der Waals surface area contributed by atoms with E-state index in [1.54, 1.807) is 11.3 Å². The maximum atomic E-state index is 6.02. The van der Waals surface area contributed by atoms with Crippen LogP contribution in [0, 0.1) is 12.3 Å². The first kappa shape index (κ1) is 20.9. The van der Waals surface area contributed by atoms with Gasteiger partial charge in [-0.2, -0.15) is 4.57 Å². The Morgan fingerprint density at radius 2 is 1.79 bits per heavy atom. The highest BCUT2D eigenvalue weighted by atomic mass is 79.9. The van der Waals surface area contributed by atoms with Crippen LogP contribution in [0.25, 0.3) is 33.7 Å². The second-order valence-electron chi connectivity index (χ2n) is 6.67. The third-order valence-electron chi connectivity index (χ3n) is 4.57. The third-order valence-corrected chi connectivity index (χ3v) is 5.70. The first-order valence-electron chi connectivity index (χ1n) is 9.06. The number of furan rings is 1. The predicted molar refractivity (Wildman–Crippen MR) is 118 cm³/mol. The zero-order chi connectivity index (χ0) is 19.5. The first-order chi connectivity index (χ1) is 13.7. The second kappa shape index (κ2) is 9.13. The maximum absolute atomic E-state index is 6.02. The summed E-state index contributed by atoms with van der Waals surface area (Å²) in [6, 6.07) is 20.6. The largest absolute Gasteiger partial charge is 1.00 e. The predicted octanol–water partition coefficient (Wildman–Crippen LogP) is 2.32. The Balaban J connectivity index is 0.00000240. The van der Waals surface area contributed by atoms with Gasteiger partial charge in [0.05, 0.1) is 0 Å². The molecule has 0 atom stereocenters. The van der Waals surface area contributed by atoms with Crippen LogP contribution in [0.2, 0.25) is 0 Å². The molecule has 0 N–H and O–H groups in total. The van der Waals surface area contributed by atoms with Crippen LogP contribution < -0.4 is 26.4 Å². The fraction of sp³-hybridized carbons (Fsp3) is 0.125. The Labute approximate surface area is 185 Å². The van der Waals surface area contributed by atoms with Crippen molar-refractivity contribution in [3.8, 4) is 23.7 Å². The van der Waals surface area contributed by atoms with E-state index in [-0.39, 0.29) is 17.0 Å². The van der Waals surface area contributed by atoms with E-state index >= 15 is 0 Å². The number of thiazole rings is 1. The molecule has 2 heterocycles. The van der Waals surface area contributed by atoms with Crippen molar-refractivity contribution >= 4 is 39.4 Å². The van der Waals surface area contributed by atoms with Crippen LogP contribution in [0.3, 0.4) is 0 Å². The fourth-order valence-corrected chi connectivity index (χ4v) is 4.17. The summed E-state index contributed by atoms with van der Waals surface area (Å²) in [5, 5.41) is 1.10. The van der Waals surface area contributed by atoms with Gasteiger partial charge in [0.1, 0.15) is 16.2 Å². The molecule has 4 aromatic rings. The number of terminal acetylenes is 1. The van der Waals surface area contributed by atoms with E-state index in [4.69, 9.17) is 10.8 Å². The number of hydrogen-bond donors (Lipinski definition) is 0. The Kier molecular flexibility index (Phi) is 6.58. The number of nitrogens with zero attached hydrogens (tertiary/aromatic N) is 2. The molecule has 0 aliphatic heterocycles. The SMILES string of the molecule is C#CC[n+]1c(/C=C/c2ccc(-c3ccc(N(C)C)cc3)o2)sc2ccccc21.[Br-]. The molecule has 146 valence electrons. The van der Waals surface area contributed by atoms with Gasteiger partial charge in [-0.05, 0) is 54.5 Å². The summed E-state index contributed by atoms with van der Waals surface area (Å²) in [5.41, 5.74) is 3.39. The molecule has 5 heteroatoms. The smallest absolute Gasteiger partial charge is 0.263 e. The molecular formula is C24H21BrN2OS. The molecule has 2 aromatic heterocycles. The highest BCUT2D eigenvalue weighted by Gasteiger charge is 2.17. The first-order valence-corrected chi connectivity index (χ1v) is 9.88. The van der Waals surface area contributed by atoms with E-state index < -0.39 is 0 Å². The molecule has 29 heavy (non-hydrogen) atoms. The molecule has 0 saturated carbocycles. The van der Waals surface area contributed by atoms with Gasteiger partial charge >= 0.3 is 0 Å². The van der Waals surface area contributed by atoms with Crippen molar-refractivity contribution in [1.82, 2.24) is 0 Å². The summed E-state index contributed by atoms with van der Waals surface area (Å²) in [5.74, 6) is 4.42. The number of hydrogen-bond acceptors (Lipinski definition) is 3. The molecule has 0 amide bonds. The van der Waals surface area contributed by atoms with E-state index in [1.807, 2.05) is 44.4 Å². The average Bonchev–Trinajstić information content (AvgIpc) is 3.32. The van der Waals surface area contributed by atoms with Gasteiger partial charge in [-0.25, -0.2) is 0 Å². The minimum Gasteiger partial charge on any atom is -1.00 e. The standard InChI is InChI=1S/C24H21N2OS.BrH/c1-4-17-26-21-7-5-6-8-23(21)28-24(26)16-14-20-13-15-22(27-20)18-9-11-19(12-10-18)25(2)3;/h1,5-16H,17H2,2-3H3;1H/q+1;/p-1. The maximum Gasteiger partial charge on any atom is 0.263 e. The zero-order valence-electron chi connectivity index (χ0n) is 16.3. The Bertz CT molecular complexity index is 1180. The summed E-state index contributed by atoms with van der Waals surface area (Å²) in [6.45, 7) is 0.547. The lowest BCUT2D eigenvalue weighted by molar-refractivity contribution is -0.655. The van der Waals surface area contributed by atoms with Crippen molar-refractivity contribution < 1.29 is 26.0 Å². The molecule has 3 nitrogen and oxygen atoms in total. The van der Waals surface area contributed by atoms with Crippen LogP contribution >= 0.6 is 11.3 Å². The molecule has 0 spiro atoms. The summed E-state index contributed by atoms with van der Waals surface area (Å²) >= 11 is 1.72. The lowest BCUT2D eigenvalue weighted by Gasteiger charge is -2.12. The average molecular weight is 465 g/mol. The van der Waals surface area contributed by atoms with Crippen molar-refractivity contribution in [2.24, 2.45) is 0 Å². The summed E-state index contributed by atoms with van der Waals surface area (Å²) < 4.78 is 9.39. The number of rotatable bonds is 5. The van der Waals surface area contributed by atoms with Gasteiger partial charge < -0.3 is 26.3 Å². The fourth-order valence-electron chi connectivity index (χ4n) is 3.11. The molecule has 0 fully saturated rings. The van der Waals surface area contributed by atoms with E-state index in [2.05, 4.69) is 57.9 Å². The molecule has 0 bridgehead atoms. The van der Waals surface area contributed by atoms with Crippen LogP contribution in [0.4, 0.5) is 5.69 Å². The minimum atomic E-state index is 0. The van der Waals surface area contributed by atoms with Crippen molar-refractivity contribution in [2.75, 3.05) is 19.0 Å². The summed E-state index contributed by atoms with van der Waals surface area (Å²) in [6.07, 6.45) is 9.64. The van der Waals surface area contributed by atoms with Gasteiger partial charge in [0.25, 0.3) is 5.01 Å². The highest BCUT2D eigenvalue weighted by molar-refractivity contribution is 7.18. The number of halogens is 1. The minimum absolute atomic E-state index is 0. The number of benzene rings is 2. The van der Waals surface area contributed by atoms with E-state index in [0.29, 0.717) is 6.54 Å². The Hall–Kier alpha value is -2.81. The van der Waals surface area contributed by atoms with Gasteiger partial charge in [-0.3, -0.25) is 0 Å². The van der Waals surface area contributed by atoms with E-state index in [9.17, 15) is 0 Å². The second-order valence-corrected chi connectivity index (χ2v) is 7.74. The molecule has 0 saturated heterocycles. The molecule has 0 radical (unpaired) electrons. The zero-order valence-corrected chi connectivity index (χ0v) is 18.7. The summed E-state index contributed by atoms with van der Waals surface area (Å²) in [4.78, 5) is 2.08. The lowest BCUT2D eigenvalue weighted by Crippen LogP contribution is -3.00. The van der Waals surface area contributed by atoms with Gasteiger partial charge in [0, 0.05) is 37.5 Å². The lowest BCUT2D eigenvalue weighted by atomic mass is 10.1. The van der Waals surface area contributed by atoms with Gasteiger partial charge in [-0.15, -0.1) is 6.42 Å². The van der Waals surface area contributed by atoms with Crippen molar-refractivity contribution in [1.29, 1.82) is 0 Å². The van der Waals surface area contributed by atoms with Crippen molar-refractivity contribution in [3.05, 3.63) is 71.4 Å².